The maximum atomic E-state index is 13.0. The van der Waals surface area contributed by atoms with Crippen molar-refractivity contribution in [2.75, 3.05) is 63.8 Å². The Bertz CT molecular complexity index is 1720. The topological polar surface area (TPSA) is 146 Å². The van der Waals surface area contributed by atoms with Gasteiger partial charge >= 0.3 is 18.4 Å². The van der Waals surface area contributed by atoms with E-state index in [2.05, 4.69) is 0 Å². The zero-order chi connectivity index (χ0) is 40.1. The number of aliphatic hydroxyl groups is 1. The summed E-state index contributed by atoms with van der Waals surface area (Å²) in [7, 11) is 0. The number of nitrogens with two attached hydrogens (primary N) is 2. The number of carbonyl (C=O) groups excluding carboxylic acids is 3. The Balaban J connectivity index is 0.000000258. The van der Waals surface area contributed by atoms with Gasteiger partial charge in [0.2, 0.25) is 0 Å². The lowest BCUT2D eigenvalue weighted by atomic mass is 9.91. The molecule has 2 fully saturated rings. The van der Waals surface area contributed by atoms with Gasteiger partial charge in [-0.1, -0.05) is 24.3 Å². The summed E-state index contributed by atoms with van der Waals surface area (Å²) in [4.78, 5) is 43.9. The summed E-state index contributed by atoms with van der Waals surface area (Å²) in [5.74, 6) is -0.184. The van der Waals surface area contributed by atoms with Crippen molar-refractivity contribution >= 4 is 29.3 Å². The Kier molecular flexibility index (Phi) is 12.8. The fraction of sp³-hybridized carbons (Fsp3) is 0.432. The molecule has 5 rings (SSSR count). The van der Waals surface area contributed by atoms with Gasteiger partial charge in [-0.3, -0.25) is 14.5 Å². The first-order valence-corrected chi connectivity index (χ1v) is 17.0. The summed E-state index contributed by atoms with van der Waals surface area (Å²) in [6, 6.07) is 16.9. The molecule has 2 heterocycles. The molecule has 3 aromatic carbocycles. The fourth-order valence-corrected chi connectivity index (χ4v) is 5.74. The number of nitrogens with zero attached hydrogens (tertiary/aromatic N) is 4. The lowest BCUT2D eigenvalue weighted by molar-refractivity contribution is -0.376. The summed E-state index contributed by atoms with van der Waals surface area (Å²) >= 11 is 0. The number of halogens is 6. The quantitative estimate of drug-likeness (QED) is 0.228. The van der Waals surface area contributed by atoms with Crippen LogP contribution in [-0.4, -0.2) is 113 Å². The highest BCUT2D eigenvalue weighted by molar-refractivity contribution is 5.95. The first-order valence-electron chi connectivity index (χ1n) is 17.0. The SMILES string of the molecule is CC(C)(C)OC(=O)N1CCN(C(=O)c2ccc(N)cc2)CC1.Nc1ccc(C(=O)N2CCN(Cc3ccc(C(O)(C(F)(F)F)C(F)(F)F)cc3)CC2)cc1. The van der Waals surface area contributed by atoms with E-state index in [0.29, 0.717) is 92.6 Å². The Labute approximate surface area is 309 Å². The highest BCUT2D eigenvalue weighted by Crippen LogP contribution is 2.50. The van der Waals surface area contributed by atoms with Crippen LogP contribution < -0.4 is 11.5 Å². The van der Waals surface area contributed by atoms with Crippen molar-refractivity contribution in [1.82, 2.24) is 19.6 Å². The first kappa shape index (κ1) is 41.7. The second kappa shape index (κ2) is 16.5. The molecule has 2 saturated heterocycles. The van der Waals surface area contributed by atoms with Crippen molar-refractivity contribution in [2.45, 2.75) is 50.9 Å². The van der Waals surface area contributed by atoms with E-state index >= 15 is 0 Å². The zero-order valence-corrected chi connectivity index (χ0v) is 30.1. The number of nitrogen functional groups attached to an aromatic ring is 2. The van der Waals surface area contributed by atoms with Crippen LogP contribution in [-0.2, 0) is 16.9 Å². The third-order valence-electron chi connectivity index (χ3n) is 8.79. The molecule has 2 aliphatic rings. The number of carbonyl (C=O) groups is 3. The monoisotopic (exact) mass is 766 g/mol. The lowest BCUT2D eigenvalue weighted by Crippen LogP contribution is -2.53. The van der Waals surface area contributed by atoms with Gasteiger partial charge in [0.05, 0.1) is 0 Å². The van der Waals surface area contributed by atoms with E-state index in [9.17, 15) is 45.8 Å². The number of piperazine rings is 2. The van der Waals surface area contributed by atoms with Gasteiger partial charge in [0.15, 0.2) is 0 Å². The Morgan fingerprint density at radius 1 is 0.611 bits per heavy atom. The zero-order valence-electron chi connectivity index (χ0n) is 30.1. The van der Waals surface area contributed by atoms with Gasteiger partial charge in [0, 0.05) is 87.0 Å². The number of hydrogen-bond acceptors (Lipinski definition) is 8. The van der Waals surface area contributed by atoms with E-state index in [1.807, 2.05) is 25.7 Å². The van der Waals surface area contributed by atoms with Crippen LogP contribution in [0.4, 0.5) is 42.5 Å². The molecule has 0 saturated carbocycles. The Morgan fingerprint density at radius 2 is 0.981 bits per heavy atom. The molecule has 0 aromatic heterocycles. The van der Waals surface area contributed by atoms with Crippen LogP contribution in [0.25, 0.3) is 0 Å². The third-order valence-corrected chi connectivity index (χ3v) is 8.79. The largest absolute Gasteiger partial charge is 0.444 e. The molecule has 0 atom stereocenters. The number of anilines is 2. The molecule has 0 spiro atoms. The van der Waals surface area contributed by atoms with Crippen LogP contribution in [0.5, 0.6) is 0 Å². The second-order valence-electron chi connectivity index (χ2n) is 14.0. The summed E-state index contributed by atoms with van der Waals surface area (Å²) < 4.78 is 83.3. The minimum absolute atomic E-state index is 0.0381. The molecule has 0 bridgehead atoms. The molecular weight excluding hydrogens is 722 g/mol. The third kappa shape index (κ3) is 10.3. The van der Waals surface area contributed by atoms with Gasteiger partial charge in [-0.25, -0.2) is 4.79 Å². The van der Waals surface area contributed by atoms with Crippen LogP contribution in [0.2, 0.25) is 0 Å². The van der Waals surface area contributed by atoms with Crippen LogP contribution in [0, 0.1) is 0 Å². The number of hydrogen-bond donors (Lipinski definition) is 3. The van der Waals surface area contributed by atoms with Gasteiger partial charge in [-0.05, 0) is 74.9 Å². The maximum absolute atomic E-state index is 13.0. The van der Waals surface area contributed by atoms with Crippen molar-refractivity contribution < 1.29 is 50.6 Å². The second-order valence-corrected chi connectivity index (χ2v) is 14.0. The van der Waals surface area contributed by atoms with Crippen LogP contribution in [0.3, 0.4) is 0 Å². The Hall–Kier alpha value is -5.03. The van der Waals surface area contributed by atoms with Crippen molar-refractivity contribution in [3.63, 3.8) is 0 Å². The number of alkyl halides is 6. The Morgan fingerprint density at radius 3 is 1.35 bits per heavy atom. The highest BCUT2D eigenvalue weighted by atomic mass is 19.4. The van der Waals surface area contributed by atoms with Gasteiger partial charge in [-0.2, -0.15) is 26.3 Å². The molecule has 3 amide bonds. The standard InChI is InChI=1S/C21H21F6N3O2.C16H23N3O3/c22-20(23,24)19(32,21(25,26)27)16-5-1-14(2-6-16)13-29-9-11-30(12-10-29)18(31)15-3-7-17(28)8-4-15;1-16(2,3)22-15(21)19-10-8-18(9-11-19)14(20)12-4-6-13(17)7-5-12/h1-8,32H,9-13,28H2;4-7H,8-11,17H2,1-3H3. The van der Waals surface area contributed by atoms with E-state index < -0.39 is 29.1 Å². The predicted molar refractivity (Wildman–Crippen MR) is 189 cm³/mol. The fourth-order valence-electron chi connectivity index (χ4n) is 5.74. The summed E-state index contributed by atoms with van der Waals surface area (Å²) in [5.41, 5.74) is 7.28. The van der Waals surface area contributed by atoms with Crippen LogP contribution >= 0.6 is 0 Å². The lowest BCUT2D eigenvalue weighted by Gasteiger charge is -2.35. The van der Waals surface area contributed by atoms with E-state index in [1.54, 1.807) is 63.2 Å². The van der Waals surface area contributed by atoms with Crippen LogP contribution in [0.15, 0.2) is 72.8 Å². The molecule has 0 aliphatic carbocycles. The minimum atomic E-state index is -5.92. The molecular formula is C37H44F6N6O5. The molecule has 5 N–H and O–H groups in total. The van der Waals surface area contributed by atoms with Gasteiger partial charge in [0.1, 0.15) is 5.60 Å². The number of ether oxygens (including phenoxy) is 1. The molecule has 54 heavy (non-hydrogen) atoms. The molecule has 3 aromatic rings. The molecule has 0 unspecified atom stereocenters. The number of benzene rings is 3. The van der Waals surface area contributed by atoms with Crippen molar-refractivity contribution in [2.24, 2.45) is 0 Å². The maximum Gasteiger partial charge on any atom is 0.430 e. The van der Waals surface area contributed by atoms with Gasteiger partial charge < -0.3 is 36.0 Å². The summed E-state index contributed by atoms with van der Waals surface area (Å²) in [6.07, 6.45) is -12.2. The molecule has 11 nitrogen and oxygen atoms in total. The summed E-state index contributed by atoms with van der Waals surface area (Å²) in [6.45, 7) is 9.57. The van der Waals surface area contributed by atoms with Crippen molar-refractivity contribution in [3.8, 4) is 0 Å². The minimum Gasteiger partial charge on any atom is -0.444 e. The normalized spacial score (nSPS) is 16.0. The van der Waals surface area contributed by atoms with Crippen molar-refractivity contribution in [1.29, 1.82) is 0 Å². The van der Waals surface area contributed by atoms with E-state index in [0.717, 1.165) is 12.1 Å². The van der Waals surface area contributed by atoms with Gasteiger partial charge in [0.25, 0.3) is 17.4 Å². The van der Waals surface area contributed by atoms with Crippen molar-refractivity contribution in [3.05, 3.63) is 95.1 Å². The highest BCUT2D eigenvalue weighted by Gasteiger charge is 2.71. The predicted octanol–water partition coefficient (Wildman–Crippen LogP) is 5.50. The molecule has 294 valence electrons. The van der Waals surface area contributed by atoms with Gasteiger partial charge in [-0.15, -0.1) is 0 Å². The summed E-state index contributed by atoms with van der Waals surface area (Å²) in [5, 5.41) is 9.45. The smallest absolute Gasteiger partial charge is 0.430 e. The van der Waals surface area contributed by atoms with E-state index in [4.69, 9.17) is 16.2 Å². The number of amides is 3. The molecule has 2 aliphatic heterocycles. The van der Waals surface area contributed by atoms with Crippen LogP contribution in [0.1, 0.15) is 52.6 Å². The van der Waals surface area contributed by atoms with E-state index in [-0.39, 0.29) is 24.5 Å². The molecule has 0 radical (unpaired) electrons. The average Bonchev–Trinajstić information content (AvgIpc) is 3.11. The molecule has 17 heteroatoms. The number of rotatable bonds is 5. The average molecular weight is 767 g/mol. The first-order chi connectivity index (χ1) is 25.1. The van der Waals surface area contributed by atoms with E-state index in [1.165, 1.54) is 0 Å².